The van der Waals surface area contributed by atoms with Crippen LogP contribution in [0.4, 0.5) is 0 Å². The number of para-hydroxylation sites is 4. The molecule has 0 saturated heterocycles. The third kappa shape index (κ3) is 2.88. The highest BCUT2D eigenvalue weighted by atomic mass is 15.0. The van der Waals surface area contributed by atoms with Gasteiger partial charge in [-0.05, 0) is 65.4 Å². The van der Waals surface area contributed by atoms with Gasteiger partial charge in [0.25, 0.3) is 0 Å². The highest BCUT2D eigenvalue weighted by Crippen LogP contribution is 2.50. The van der Waals surface area contributed by atoms with Crippen molar-refractivity contribution >= 4 is 92.5 Å². The van der Waals surface area contributed by atoms with Crippen LogP contribution >= 0.6 is 0 Å². The van der Waals surface area contributed by atoms with Crippen LogP contribution in [0.25, 0.3) is 121 Å². The Morgan fingerprint density at radius 1 is 0.380 bits per heavy atom. The molecule has 228 valence electrons. The fourth-order valence-electron chi connectivity index (χ4n) is 9.31. The minimum atomic E-state index is 0.924. The van der Waals surface area contributed by atoms with E-state index in [1.807, 2.05) is 12.1 Å². The van der Waals surface area contributed by atoms with Gasteiger partial charge in [-0.2, -0.15) is 0 Å². The van der Waals surface area contributed by atoms with E-state index >= 15 is 0 Å². The molecule has 0 radical (unpaired) electrons. The van der Waals surface area contributed by atoms with Crippen LogP contribution in [0.3, 0.4) is 0 Å². The summed E-state index contributed by atoms with van der Waals surface area (Å²) in [5, 5.41) is 12.7. The van der Waals surface area contributed by atoms with Crippen LogP contribution in [-0.4, -0.2) is 18.9 Å². The van der Waals surface area contributed by atoms with Gasteiger partial charge < -0.3 is 8.97 Å². The van der Waals surface area contributed by atoms with Crippen molar-refractivity contribution in [2.75, 3.05) is 0 Å². The molecule has 4 heterocycles. The number of rotatable bonds is 1. The van der Waals surface area contributed by atoms with Crippen LogP contribution in [0, 0.1) is 0 Å². The molecule has 1 aliphatic rings. The number of hydrogen-bond donors (Lipinski definition) is 0. The third-order valence-corrected chi connectivity index (χ3v) is 11.3. The van der Waals surface area contributed by atoms with Crippen molar-refractivity contribution in [1.29, 1.82) is 0 Å². The zero-order chi connectivity index (χ0) is 32.2. The smallest absolute Gasteiger partial charge is 0.0979 e. The van der Waals surface area contributed by atoms with E-state index in [4.69, 9.17) is 9.97 Å². The summed E-state index contributed by atoms with van der Waals surface area (Å²) in [6.45, 7) is 0. The van der Waals surface area contributed by atoms with Crippen molar-refractivity contribution in [3.8, 4) is 28.2 Å². The molecule has 4 heteroatoms. The Labute approximate surface area is 284 Å². The Morgan fingerprint density at radius 2 is 1.04 bits per heavy atom. The Hall–Kier alpha value is -6.78. The van der Waals surface area contributed by atoms with Gasteiger partial charge in [0.2, 0.25) is 0 Å². The summed E-state index contributed by atoms with van der Waals surface area (Å²) in [7, 11) is 0. The van der Waals surface area contributed by atoms with E-state index < -0.39 is 0 Å². The lowest BCUT2D eigenvalue weighted by Crippen LogP contribution is -1.96. The second-order valence-corrected chi connectivity index (χ2v) is 13.7. The number of fused-ring (bicyclic) bond motifs is 15. The first-order valence-corrected chi connectivity index (χ1v) is 17.2. The molecule has 0 bridgehead atoms. The van der Waals surface area contributed by atoms with Gasteiger partial charge in [0, 0.05) is 54.2 Å². The molecule has 1 aliphatic carbocycles. The Morgan fingerprint density at radius 3 is 1.86 bits per heavy atom. The van der Waals surface area contributed by atoms with Crippen LogP contribution in [0.5, 0.6) is 0 Å². The Balaban J connectivity index is 1.23. The first kappa shape index (κ1) is 25.3. The van der Waals surface area contributed by atoms with Crippen molar-refractivity contribution in [1.82, 2.24) is 18.9 Å². The average Bonchev–Trinajstić information content (AvgIpc) is 3.88. The number of hydrogen-bond acceptors (Lipinski definition) is 2. The lowest BCUT2D eigenvalue weighted by molar-refractivity contribution is 1.20. The van der Waals surface area contributed by atoms with Crippen molar-refractivity contribution < 1.29 is 0 Å². The predicted molar refractivity (Wildman–Crippen MR) is 208 cm³/mol. The summed E-state index contributed by atoms with van der Waals surface area (Å²) in [5.74, 6) is 0. The molecule has 4 nitrogen and oxygen atoms in total. The Kier molecular flexibility index (Phi) is 4.36. The predicted octanol–water partition coefficient (Wildman–Crippen LogP) is 11.8. The van der Waals surface area contributed by atoms with E-state index in [0.717, 1.165) is 33.5 Å². The fraction of sp³-hybridized carbons (Fsp3) is 0. The van der Waals surface area contributed by atoms with Crippen LogP contribution in [0.1, 0.15) is 0 Å². The summed E-state index contributed by atoms with van der Waals surface area (Å²) in [5.41, 5.74) is 13.5. The number of aromatic nitrogens is 4. The second kappa shape index (κ2) is 8.62. The van der Waals surface area contributed by atoms with Gasteiger partial charge in [0.15, 0.2) is 0 Å². The van der Waals surface area contributed by atoms with Crippen molar-refractivity contribution in [2.45, 2.75) is 0 Å². The minimum absolute atomic E-state index is 0.924. The zero-order valence-electron chi connectivity index (χ0n) is 26.6. The molecule has 0 aliphatic heterocycles. The molecule has 50 heavy (non-hydrogen) atoms. The summed E-state index contributed by atoms with van der Waals surface area (Å²) >= 11 is 0. The van der Waals surface area contributed by atoms with Gasteiger partial charge in [-0.1, -0.05) is 91.0 Å². The maximum atomic E-state index is 5.14. The normalized spacial score (nSPS) is 12.8. The molecule has 0 atom stereocenters. The van der Waals surface area contributed by atoms with Crippen molar-refractivity contribution in [2.24, 2.45) is 0 Å². The molecule has 4 aromatic heterocycles. The molecule has 0 fully saturated rings. The quantitative estimate of drug-likeness (QED) is 0.180. The van der Waals surface area contributed by atoms with Crippen LogP contribution in [-0.2, 0) is 0 Å². The molecular formula is C46H24N4. The van der Waals surface area contributed by atoms with E-state index in [-0.39, 0.29) is 0 Å². The molecule has 0 unspecified atom stereocenters. The molecule has 8 aromatic carbocycles. The van der Waals surface area contributed by atoms with E-state index in [9.17, 15) is 0 Å². The highest BCUT2D eigenvalue weighted by molar-refractivity contribution is 6.36. The Bertz CT molecular complexity index is 3440. The fourth-order valence-corrected chi connectivity index (χ4v) is 9.31. The van der Waals surface area contributed by atoms with E-state index in [1.54, 1.807) is 0 Å². The summed E-state index contributed by atoms with van der Waals surface area (Å²) in [6.07, 6.45) is 0. The van der Waals surface area contributed by atoms with Crippen LogP contribution < -0.4 is 0 Å². The topological polar surface area (TPSA) is 35.1 Å². The largest absolute Gasteiger partial charge is 0.309 e. The summed E-state index contributed by atoms with van der Waals surface area (Å²) in [6, 6.07) is 53.2. The maximum absolute atomic E-state index is 5.14. The van der Waals surface area contributed by atoms with Crippen molar-refractivity contribution in [3.63, 3.8) is 0 Å². The average molecular weight is 633 g/mol. The van der Waals surface area contributed by atoms with Gasteiger partial charge in [-0.15, -0.1) is 0 Å². The maximum Gasteiger partial charge on any atom is 0.0979 e. The molecule has 13 rings (SSSR count). The standard InChI is InChI=1S/C46H24N4/c1-2-11-26-23-39-33(22-25(26)10-1)43-42-29-13-4-8-19-37(29)49(40(42)24-32-27-12-3-7-18-36(27)50(39)46(32)43)38-21-20-31-41-28(38)14-9-15-30(41)44-45(31)48-35-17-6-5-16-34(35)47-44/h1-24H. The lowest BCUT2D eigenvalue weighted by atomic mass is 10.00. The number of nitrogens with zero attached hydrogens (tertiary/aromatic N) is 4. The molecular weight excluding hydrogens is 609 g/mol. The summed E-state index contributed by atoms with van der Waals surface area (Å²) < 4.78 is 5.02. The minimum Gasteiger partial charge on any atom is -0.309 e. The first-order valence-electron chi connectivity index (χ1n) is 17.2. The van der Waals surface area contributed by atoms with E-state index in [0.29, 0.717) is 0 Å². The zero-order valence-corrected chi connectivity index (χ0v) is 26.6. The SMILES string of the molecule is c1ccc2cc3c(cc2c1)c1c2c4ccccc4n(-c4ccc5c6c(cccc46)-c4nc6ccccc6nc4-5)c2cc2c4ccccc4n3c21. The van der Waals surface area contributed by atoms with E-state index in [2.05, 4.69) is 142 Å². The van der Waals surface area contributed by atoms with Crippen LogP contribution in [0.2, 0.25) is 0 Å². The molecule has 0 N–H and O–H groups in total. The second-order valence-electron chi connectivity index (χ2n) is 13.7. The van der Waals surface area contributed by atoms with Gasteiger partial charge in [-0.25, -0.2) is 9.97 Å². The molecule has 0 saturated carbocycles. The summed E-state index contributed by atoms with van der Waals surface area (Å²) in [4.78, 5) is 10.3. The third-order valence-electron chi connectivity index (χ3n) is 11.3. The van der Waals surface area contributed by atoms with Crippen LogP contribution in [0.15, 0.2) is 146 Å². The molecule has 0 spiro atoms. The molecule has 12 aromatic rings. The van der Waals surface area contributed by atoms with Gasteiger partial charge in [0.1, 0.15) is 0 Å². The lowest BCUT2D eigenvalue weighted by Gasteiger charge is -2.13. The van der Waals surface area contributed by atoms with E-state index in [1.165, 1.54) is 87.1 Å². The highest BCUT2D eigenvalue weighted by Gasteiger charge is 2.28. The first-order chi connectivity index (χ1) is 24.8. The van der Waals surface area contributed by atoms with Crippen molar-refractivity contribution in [3.05, 3.63) is 146 Å². The monoisotopic (exact) mass is 632 g/mol. The van der Waals surface area contributed by atoms with Gasteiger partial charge >= 0.3 is 0 Å². The number of benzene rings is 8. The molecule has 0 amide bonds. The van der Waals surface area contributed by atoms with Gasteiger partial charge in [0.05, 0.1) is 55.7 Å². The van der Waals surface area contributed by atoms with Gasteiger partial charge in [-0.3, -0.25) is 0 Å².